The first-order valence-electron chi connectivity index (χ1n) is 7.30. The van der Waals surface area contributed by atoms with Gasteiger partial charge in [-0.3, -0.25) is 4.90 Å². The molecule has 0 saturated carbocycles. The molecule has 1 atom stereocenters. The van der Waals surface area contributed by atoms with Gasteiger partial charge in [-0.25, -0.2) is 8.42 Å². The second-order valence-electron chi connectivity index (χ2n) is 5.30. The van der Waals surface area contributed by atoms with Crippen LogP contribution in [0.1, 0.15) is 37.6 Å². The third kappa shape index (κ3) is 3.81. The van der Waals surface area contributed by atoms with E-state index in [0.717, 1.165) is 25.9 Å². The van der Waals surface area contributed by atoms with Crippen LogP contribution in [0.5, 0.6) is 0 Å². The lowest BCUT2D eigenvalue weighted by atomic mass is 10.2. The average Bonchev–Trinajstić information content (AvgIpc) is 2.99. The zero-order valence-electron chi connectivity index (χ0n) is 12.3. The van der Waals surface area contributed by atoms with Gasteiger partial charge in [0.2, 0.25) is 10.0 Å². The van der Waals surface area contributed by atoms with Gasteiger partial charge in [0.1, 0.15) is 0 Å². The van der Waals surface area contributed by atoms with E-state index in [2.05, 4.69) is 29.3 Å². The summed E-state index contributed by atoms with van der Waals surface area (Å²) < 4.78 is 26.0. The first-order chi connectivity index (χ1) is 9.54. The van der Waals surface area contributed by atoms with E-state index in [1.165, 1.54) is 4.88 Å². The van der Waals surface area contributed by atoms with Gasteiger partial charge in [-0.05, 0) is 24.8 Å². The molecule has 0 N–H and O–H groups in total. The molecule has 6 heteroatoms. The molecule has 1 unspecified atom stereocenters. The third-order valence-electron chi connectivity index (χ3n) is 3.93. The Labute approximate surface area is 126 Å². The number of hydrogen-bond acceptors (Lipinski definition) is 4. The minimum Gasteiger partial charge on any atom is -0.293 e. The number of sulfonamides is 1. The maximum absolute atomic E-state index is 12.2. The van der Waals surface area contributed by atoms with Crippen molar-refractivity contribution >= 4 is 21.4 Å². The topological polar surface area (TPSA) is 40.6 Å². The molecule has 2 rings (SSSR count). The lowest BCUT2D eigenvalue weighted by molar-refractivity contribution is 0.147. The van der Waals surface area contributed by atoms with E-state index in [9.17, 15) is 8.42 Å². The van der Waals surface area contributed by atoms with Crippen LogP contribution in [0.25, 0.3) is 0 Å². The zero-order valence-corrected chi connectivity index (χ0v) is 13.9. The highest BCUT2D eigenvalue weighted by molar-refractivity contribution is 7.89. The van der Waals surface area contributed by atoms with Crippen molar-refractivity contribution in [3.05, 3.63) is 22.4 Å². The quantitative estimate of drug-likeness (QED) is 0.810. The highest BCUT2D eigenvalue weighted by Gasteiger charge is 2.28. The van der Waals surface area contributed by atoms with Gasteiger partial charge < -0.3 is 0 Å². The Bertz CT molecular complexity index is 491. The monoisotopic (exact) mass is 316 g/mol. The van der Waals surface area contributed by atoms with Crippen LogP contribution in [0.4, 0.5) is 0 Å². The minimum atomic E-state index is -3.04. The molecule has 0 aliphatic carbocycles. The van der Waals surface area contributed by atoms with Gasteiger partial charge in [0, 0.05) is 37.1 Å². The van der Waals surface area contributed by atoms with Gasteiger partial charge in [0.25, 0.3) is 0 Å². The first-order valence-corrected chi connectivity index (χ1v) is 9.78. The third-order valence-corrected chi connectivity index (χ3v) is 6.92. The highest BCUT2D eigenvalue weighted by Crippen LogP contribution is 2.25. The second kappa shape index (κ2) is 7.02. The molecule has 0 bridgehead atoms. The second-order valence-corrected chi connectivity index (χ2v) is 8.36. The molecular formula is C14H24N2O2S2. The fourth-order valence-corrected chi connectivity index (χ4v) is 4.98. The number of rotatable bonds is 6. The van der Waals surface area contributed by atoms with E-state index < -0.39 is 10.0 Å². The molecule has 0 spiro atoms. The summed E-state index contributed by atoms with van der Waals surface area (Å²) in [5.74, 6) is 0.296. The van der Waals surface area contributed by atoms with Crippen molar-refractivity contribution in [1.29, 1.82) is 0 Å². The molecule has 114 valence electrons. The summed E-state index contributed by atoms with van der Waals surface area (Å²) >= 11 is 1.77. The molecule has 1 fully saturated rings. The van der Waals surface area contributed by atoms with Crippen LogP contribution < -0.4 is 0 Å². The number of hydrogen-bond donors (Lipinski definition) is 0. The van der Waals surface area contributed by atoms with Crippen LogP contribution in [0, 0.1) is 0 Å². The lowest BCUT2D eigenvalue weighted by Crippen LogP contribution is -2.49. The maximum atomic E-state index is 12.2. The Morgan fingerprint density at radius 1 is 1.30 bits per heavy atom. The average molecular weight is 316 g/mol. The standard InChI is InChI=1S/C14H24N2O2S2/c1-3-4-12-20(17,18)16-9-7-15(8-10-16)13(2)14-6-5-11-19-14/h5-6,11,13H,3-4,7-10,12H2,1-2H3. The van der Waals surface area contributed by atoms with Crippen LogP contribution in [-0.2, 0) is 10.0 Å². The zero-order chi connectivity index (χ0) is 14.6. The van der Waals surface area contributed by atoms with Gasteiger partial charge in [0.05, 0.1) is 5.75 Å². The van der Waals surface area contributed by atoms with Crippen molar-refractivity contribution in [3.8, 4) is 0 Å². The van der Waals surface area contributed by atoms with Crippen molar-refractivity contribution in [2.45, 2.75) is 32.7 Å². The van der Waals surface area contributed by atoms with Crippen molar-refractivity contribution in [2.24, 2.45) is 0 Å². The molecular weight excluding hydrogens is 292 g/mol. The molecule has 1 aliphatic rings. The molecule has 0 radical (unpaired) electrons. The van der Waals surface area contributed by atoms with E-state index >= 15 is 0 Å². The van der Waals surface area contributed by atoms with E-state index in [-0.39, 0.29) is 0 Å². The SMILES string of the molecule is CCCCS(=O)(=O)N1CCN(C(C)c2cccs2)CC1. The van der Waals surface area contributed by atoms with Gasteiger partial charge in [-0.2, -0.15) is 4.31 Å². The summed E-state index contributed by atoms with van der Waals surface area (Å²) in [5, 5.41) is 2.09. The maximum Gasteiger partial charge on any atom is 0.214 e. The normalized spacial score (nSPS) is 20.1. The van der Waals surface area contributed by atoms with Crippen LogP contribution in [-0.4, -0.2) is 49.6 Å². The lowest BCUT2D eigenvalue weighted by Gasteiger charge is -2.37. The predicted octanol–water partition coefficient (Wildman–Crippen LogP) is 2.56. The summed E-state index contributed by atoms with van der Waals surface area (Å²) in [5.41, 5.74) is 0. The summed E-state index contributed by atoms with van der Waals surface area (Å²) in [6.07, 6.45) is 1.68. The predicted molar refractivity (Wildman–Crippen MR) is 84.6 cm³/mol. The molecule has 0 amide bonds. The Hall–Kier alpha value is -0.430. The van der Waals surface area contributed by atoms with Crippen LogP contribution >= 0.6 is 11.3 Å². The number of unbranched alkanes of at least 4 members (excludes halogenated alkanes) is 1. The van der Waals surface area contributed by atoms with Crippen LogP contribution in [0.2, 0.25) is 0 Å². The molecule has 20 heavy (non-hydrogen) atoms. The summed E-state index contributed by atoms with van der Waals surface area (Å²) in [4.78, 5) is 3.73. The summed E-state index contributed by atoms with van der Waals surface area (Å²) in [7, 11) is -3.04. The molecule has 4 nitrogen and oxygen atoms in total. The largest absolute Gasteiger partial charge is 0.293 e. The number of thiophene rings is 1. The number of nitrogens with zero attached hydrogens (tertiary/aromatic N) is 2. The Balaban J connectivity index is 1.89. The highest BCUT2D eigenvalue weighted by atomic mass is 32.2. The van der Waals surface area contributed by atoms with E-state index in [1.807, 2.05) is 6.92 Å². The fraction of sp³-hybridized carbons (Fsp3) is 0.714. The van der Waals surface area contributed by atoms with Crippen molar-refractivity contribution < 1.29 is 8.42 Å². The smallest absolute Gasteiger partial charge is 0.214 e. The molecule has 0 aromatic carbocycles. The van der Waals surface area contributed by atoms with Gasteiger partial charge in [-0.15, -0.1) is 11.3 Å². The summed E-state index contributed by atoms with van der Waals surface area (Å²) in [6.45, 7) is 7.13. The fourth-order valence-electron chi connectivity index (χ4n) is 2.53. The van der Waals surface area contributed by atoms with Crippen molar-refractivity contribution in [1.82, 2.24) is 9.21 Å². The molecule has 2 heterocycles. The van der Waals surface area contributed by atoms with Crippen molar-refractivity contribution in [3.63, 3.8) is 0 Å². The van der Waals surface area contributed by atoms with E-state index in [0.29, 0.717) is 24.9 Å². The van der Waals surface area contributed by atoms with Crippen LogP contribution in [0.3, 0.4) is 0 Å². The minimum absolute atomic E-state index is 0.296. The van der Waals surface area contributed by atoms with Crippen LogP contribution in [0.15, 0.2) is 17.5 Å². The Kier molecular flexibility index (Phi) is 5.60. The van der Waals surface area contributed by atoms with Gasteiger partial charge in [0.15, 0.2) is 0 Å². The summed E-state index contributed by atoms with van der Waals surface area (Å²) in [6, 6.07) is 4.61. The molecule has 1 aromatic rings. The molecule has 1 aromatic heterocycles. The Morgan fingerprint density at radius 3 is 2.55 bits per heavy atom. The Morgan fingerprint density at radius 2 is 2.00 bits per heavy atom. The van der Waals surface area contributed by atoms with Gasteiger partial charge >= 0.3 is 0 Å². The molecule has 1 saturated heterocycles. The number of piperazine rings is 1. The van der Waals surface area contributed by atoms with Gasteiger partial charge in [-0.1, -0.05) is 19.4 Å². The van der Waals surface area contributed by atoms with E-state index in [1.54, 1.807) is 15.6 Å². The van der Waals surface area contributed by atoms with Crippen molar-refractivity contribution in [2.75, 3.05) is 31.9 Å². The van der Waals surface area contributed by atoms with E-state index in [4.69, 9.17) is 0 Å². The first kappa shape index (κ1) is 15.9. The molecule has 1 aliphatic heterocycles.